The molecule has 0 radical (unpaired) electrons. The van der Waals surface area contributed by atoms with E-state index in [4.69, 9.17) is 0 Å². The summed E-state index contributed by atoms with van der Waals surface area (Å²) in [5.74, 6) is 0. The Morgan fingerprint density at radius 3 is 1.45 bits per heavy atom. The molecule has 1 aliphatic heterocycles. The van der Waals surface area contributed by atoms with Crippen molar-refractivity contribution in [3.05, 3.63) is 0 Å². The van der Waals surface area contributed by atoms with Crippen LogP contribution >= 0.6 is 0 Å². The second-order valence-electron chi connectivity index (χ2n) is 4.75. The van der Waals surface area contributed by atoms with Gasteiger partial charge in [0.05, 0.1) is 0 Å². The van der Waals surface area contributed by atoms with Crippen LogP contribution in [0.15, 0.2) is 0 Å². The second-order valence-corrected chi connectivity index (χ2v) is 4.75. The van der Waals surface area contributed by atoms with Gasteiger partial charge in [0.1, 0.15) is 0 Å². The van der Waals surface area contributed by atoms with Crippen LogP contribution < -0.4 is 5.32 Å². The molecule has 0 amide bonds. The molecular weight excluding hydrogens is 146 g/mol. The van der Waals surface area contributed by atoms with Gasteiger partial charge in [0.25, 0.3) is 0 Å². The van der Waals surface area contributed by atoms with Crippen molar-refractivity contribution in [1.82, 2.24) is 5.32 Å². The monoisotopic (exact) mass is 165 g/mol. The standard InChI is InChI=1S/C9H19N.Mg/c1-8(2)6-5-7-9(3,4)10-8;/h10H,5-7H2,1-4H3;/q;+2. The largest absolute Gasteiger partial charge is 2.00 e. The Hall–Kier alpha value is 0.726. The number of nitrogens with one attached hydrogen (secondary N) is 1. The SMILES string of the molecule is CC1(C)CCCC(C)(C)N1.[Mg+2]. The Labute approximate surface area is 86.5 Å². The molecule has 1 saturated heterocycles. The molecule has 0 aromatic heterocycles. The number of hydrogen-bond donors (Lipinski definition) is 1. The molecule has 0 atom stereocenters. The van der Waals surface area contributed by atoms with Crippen molar-refractivity contribution in [3.63, 3.8) is 0 Å². The number of rotatable bonds is 0. The quantitative estimate of drug-likeness (QED) is 0.541. The summed E-state index contributed by atoms with van der Waals surface area (Å²) in [5, 5.41) is 3.63. The predicted octanol–water partition coefficient (Wildman–Crippen LogP) is 1.94. The molecule has 60 valence electrons. The van der Waals surface area contributed by atoms with Gasteiger partial charge in [-0.3, -0.25) is 0 Å². The predicted molar refractivity (Wildman–Crippen MR) is 50.9 cm³/mol. The first kappa shape index (κ1) is 11.7. The van der Waals surface area contributed by atoms with Crippen molar-refractivity contribution >= 4 is 23.1 Å². The summed E-state index contributed by atoms with van der Waals surface area (Å²) >= 11 is 0. The van der Waals surface area contributed by atoms with Crippen molar-refractivity contribution < 1.29 is 0 Å². The van der Waals surface area contributed by atoms with Crippen molar-refractivity contribution in [2.24, 2.45) is 0 Å². The molecule has 0 spiro atoms. The van der Waals surface area contributed by atoms with E-state index in [1.165, 1.54) is 19.3 Å². The smallest absolute Gasteiger partial charge is 0.307 e. The molecule has 1 rings (SSSR count). The van der Waals surface area contributed by atoms with Crippen LogP contribution in [0.2, 0.25) is 0 Å². The fraction of sp³-hybridized carbons (Fsp3) is 1.00. The van der Waals surface area contributed by atoms with Gasteiger partial charge in [-0.1, -0.05) is 0 Å². The first-order valence-corrected chi connectivity index (χ1v) is 4.21. The summed E-state index contributed by atoms with van der Waals surface area (Å²) in [6.07, 6.45) is 4.00. The summed E-state index contributed by atoms with van der Waals surface area (Å²) in [7, 11) is 0. The Balaban J connectivity index is 0.000001000. The van der Waals surface area contributed by atoms with Crippen LogP contribution in [0.5, 0.6) is 0 Å². The van der Waals surface area contributed by atoms with Crippen LogP contribution in [-0.4, -0.2) is 34.1 Å². The van der Waals surface area contributed by atoms with Gasteiger partial charge in [-0.2, -0.15) is 0 Å². The van der Waals surface area contributed by atoms with Gasteiger partial charge >= 0.3 is 23.1 Å². The van der Waals surface area contributed by atoms with Crippen molar-refractivity contribution in [3.8, 4) is 0 Å². The Kier molecular flexibility index (Phi) is 3.87. The Morgan fingerprint density at radius 1 is 0.909 bits per heavy atom. The molecular formula is C9H19MgN+2. The molecule has 1 heterocycles. The maximum Gasteiger partial charge on any atom is 2.00 e. The summed E-state index contributed by atoms with van der Waals surface area (Å²) in [6.45, 7) is 9.14. The number of hydrogen-bond acceptors (Lipinski definition) is 1. The molecule has 11 heavy (non-hydrogen) atoms. The third kappa shape index (κ3) is 3.77. The van der Waals surface area contributed by atoms with Gasteiger partial charge in [0.15, 0.2) is 0 Å². The fourth-order valence-electron chi connectivity index (χ4n) is 2.01. The van der Waals surface area contributed by atoms with Gasteiger partial charge in [-0.05, 0) is 47.0 Å². The van der Waals surface area contributed by atoms with E-state index in [0.29, 0.717) is 11.1 Å². The van der Waals surface area contributed by atoms with E-state index in [1.54, 1.807) is 0 Å². The van der Waals surface area contributed by atoms with Crippen molar-refractivity contribution in [1.29, 1.82) is 0 Å². The fourth-order valence-corrected chi connectivity index (χ4v) is 2.01. The first-order valence-electron chi connectivity index (χ1n) is 4.21. The molecule has 1 fully saturated rings. The van der Waals surface area contributed by atoms with E-state index >= 15 is 0 Å². The summed E-state index contributed by atoms with van der Waals surface area (Å²) in [6, 6.07) is 0. The Morgan fingerprint density at radius 2 is 1.27 bits per heavy atom. The summed E-state index contributed by atoms with van der Waals surface area (Å²) < 4.78 is 0. The second kappa shape index (κ2) is 3.63. The molecule has 0 aromatic rings. The molecule has 0 aromatic carbocycles. The van der Waals surface area contributed by atoms with Crippen molar-refractivity contribution in [2.75, 3.05) is 0 Å². The van der Waals surface area contributed by atoms with Crippen LogP contribution in [-0.2, 0) is 0 Å². The van der Waals surface area contributed by atoms with Gasteiger partial charge in [0, 0.05) is 11.1 Å². The van der Waals surface area contributed by atoms with Crippen LogP contribution in [0.4, 0.5) is 0 Å². The minimum atomic E-state index is 0. The molecule has 0 unspecified atom stereocenters. The van der Waals surface area contributed by atoms with E-state index < -0.39 is 0 Å². The van der Waals surface area contributed by atoms with Gasteiger partial charge in [-0.25, -0.2) is 0 Å². The molecule has 1 aliphatic rings. The van der Waals surface area contributed by atoms with E-state index in [9.17, 15) is 0 Å². The van der Waals surface area contributed by atoms with E-state index in [1.807, 2.05) is 0 Å². The molecule has 2 heteroatoms. The van der Waals surface area contributed by atoms with Crippen molar-refractivity contribution in [2.45, 2.75) is 58.0 Å². The minimum absolute atomic E-state index is 0. The summed E-state index contributed by atoms with van der Waals surface area (Å²) in [5.41, 5.74) is 0.726. The van der Waals surface area contributed by atoms with Gasteiger partial charge < -0.3 is 5.32 Å². The van der Waals surface area contributed by atoms with Crippen LogP contribution in [0, 0.1) is 0 Å². The molecule has 0 bridgehead atoms. The average Bonchev–Trinajstić information content (AvgIpc) is 1.56. The first-order chi connectivity index (χ1) is 4.41. The topological polar surface area (TPSA) is 12.0 Å². The van der Waals surface area contributed by atoms with E-state index in [0.717, 1.165) is 0 Å². The zero-order valence-electron chi connectivity index (χ0n) is 8.33. The minimum Gasteiger partial charge on any atom is -0.307 e. The number of piperidine rings is 1. The third-order valence-electron chi connectivity index (χ3n) is 2.28. The van der Waals surface area contributed by atoms with Crippen LogP contribution in [0.1, 0.15) is 47.0 Å². The van der Waals surface area contributed by atoms with Gasteiger partial charge in [0.2, 0.25) is 0 Å². The molecule has 1 nitrogen and oxygen atoms in total. The van der Waals surface area contributed by atoms with Crippen LogP contribution in [0.25, 0.3) is 0 Å². The van der Waals surface area contributed by atoms with Crippen LogP contribution in [0.3, 0.4) is 0 Å². The van der Waals surface area contributed by atoms with E-state index in [-0.39, 0.29) is 23.1 Å². The van der Waals surface area contributed by atoms with E-state index in [2.05, 4.69) is 33.0 Å². The third-order valence-corrected chi connectivity index (χ3v) is 2.28. The summed E-state index contributed by atoms with van der Waals surface area (Å²) in [4.78, 5) is 0. The zero-order valence-corrected chi connectivity index (χ0v) is 9.74. The van der Waals surface area contributed by atoms with Gasteiger partial charge in [-0.15, -0.1) is 0 Å². The molecule has 1 N–H and O–H groups in total. The average molecular weight is 166 g/mol. The maximum absolute atomic E-state index is 3.63. The Bertz CT molecular complexity index is 116. The molecule has 0 saturated carbocycles. The zero-order chi connectivity index (χ0) is 7.83. The molecule has 0 aliphatic carbocycles. The normalized spacial score (nSPS) is 27.3. The maximum atomic E-state index is 3.63.